The quantitative estimate of drug-likeness (QED) is 0.725. The van der Waals surface area contributed by atoms with Crippen molar-refractivity contribution in [2.45, 2.75) is 18.7 Å². The van der Waals surface area contributed by atoms with Gasteiger partial charge in [0.05, 0.1) is 19.0 Å². The van der Waals surface area contributed by atoms with E-state index in [4.69, 9.17) is 9.47 Å². The van der Waals surface area contributed by atoms with E-state index in [-0.39, 0.29) is 10.6 Å². The highest BCUT2D eigenvalue weighted by Crippen LogP contribution is 2.39. The number of hydrogen-bond acceptors (Lipinski definition) is 2. The molecule has 2 aromatic carbocycles. The van der Waals surface area contributed by atoms with E-state index in [2.05, 4.69) is 22.0 Å². The van der Waals surface area contributed by atoms with Gasteiger partial charge < -0.3 is 9.47 Å². The molecule has 0 aliphatic heterocycles. The molecule has 0 aliphatic carbocycles. The molecular formula is C17H18BrFO2. The normalized spacial score (nSPS) is 12.1. The van der Waals surface area contributed by atoms with Gasteiger partial charge in [-0.15, -0.1) is 0 Å². The molecule has 0 fully saturated rings. The summed E-state index contributed by atoms with van der Waals surface area (Å²) in [4.78, 5) is -0.239. The van der Waals surface area contributed by atoms with Crippen molar-refractivity contribution in [3.05, 3.63) is 58.4 Å². The van der Waals surface area contributed by atoms with Crippen molar-refractivity contribution < 1.29 is 13.9 Å². The molecule has 21 heavy (non-hydrogen) atoms. The number of ether oxygens (including phenoxy) is 2. The van der Waals surface area contributed by atoms with Crippen LogP contribution in [-0.2, 0) is 0 Å². The van der Waals surface area contributed by atoms with Gasteiger partial charge in [-0.25, -0.2) is 4.39 Å². The van der Waals surface area contributed by atoms with Crippen LogP contribution in [-0.4, -0.2) is 14.2 Å². The summed E-state index contributed by atoms with van der Waals surface area (Å²) >= 11 is 3.60. The van der Waals surface area contributed by atoms with Gasteiger partial charge in [0.15, 0.2) is 11.5 Å². The van der Waals surface area contributed by atoms with Crippen LogP contribution in [0, 0.1) is 19.7 Å². The first-order valence-electron chi connectivity index (χ1n) is 6.60. The molecule has 0 radical (unpaired) electrons. The summed E-state index contributed by atoms with van der Waals surface area (Å²) in [5, 5.41) is 0. The van der Waals surface area contributed by atoms with Gasteiger partial charge in [0.25, 0.3) is 0 Å². The lowest BCUT2D eigenvalue weighted by atomic mass is 9.98. The first-order chi connectivity index (χ1) is 9.97. The summed E-state index contributed by atoms with van der Waals surface area (Å²) in [6, 6.07) is 9.18. The van der Waals surface area contributed by atoms with Gasteiger partial charge in [0.2, 0.25) is 0 Å². The van der Waals surface area contributed by atoms with E-state index in [0.29, 0.717) is 17.1 Å². The van der Waals surface area contributed by atoms with Gasteiger partial charge in [-0.1, -0.05) is 39.7 Å². The number of hydrogen-bond donors (Lipinski definition) is 0. The van der Waals surface area contributed by atoms with Crippen molar-refractivity contribution in [2.75, 3.05) is 14.2 Å². The fourth-order valence-corrected chi connectivity index (χ4v) is 3.11. The molecule has 1 atom stereocenters. The van der Waals surface area contributed by atoms with Crippen LogP contribution in [0.5, 0.6) is 11.5 Å². The number of methoxy groups -OCH3 is 2. The lowest BCUT2D eigenvalue weighted by molar-refractivity contribution is 0.351. The maximum atomic E-state index is 14.4. The predicted molar refractivity (Wildman–Crippen MR) is 86.2 cm³/mol. The third kappa shape index (κ3) is 3.21. The molecule has 2 nitrogen and oxygen atoms in total. The maximum Gasteiger partial charge on any atom is 0.163 e. The number of alkyl halides is 1. The second-order valence-electron chi connectivity index (χ2n) is 4.95. The average molecular weight is 353 g/mol. The molecule has 4 heteroatoms. The molecule has 112 valence electrons. The topological polar surface area (TPSA) is 18.5 Å². The molecule has 1 unspecified atom stereocenters. The smallest absolute Gasteiger partial charge is 0.163 e. The van der Waals surface area contributed by atoms with Crippen LogP contribution in [0.1, 0.15) is 27.1 Å². The Hall–Kier alpha value is -1.55. The number of benzene rings is 2. The third-order valence-corrected chi connectivity index (χ3v) is 4.47. The minimum Gasteiger partial charge on any atom is -0.493 e. The molecule has 2 rings (SSSR count). The minimum absolute atomic E-state index is 0.239. The Morgan fingerprint density at radius 2 is 1.57 bits per heavy atom. The van der Waals surface area contributed by atoms with Crippen LogP contribution < -0.4 is 9.47 Å². The van der Waals surface area contributed by atoms with Crippen molar-refractivity contribution in [1.29, 1.82) is 0 Å². The first kappa shape index (κ1) is 15.8. The Kier molecular flexibility index (Phi) is 4.88. The van der Waals surface area contributed by atoms with Crippen molar-refractivity contribution >= 4 is 15.9 Å². The standard InChI is InChI=1S/C17H18BrFO2/c1-10-5-6-11(2)12(7-10)17(18)13-8-15(20-3)16(21-4)9-14(13)19/h5-9,17H,1-4H3. The highest BCUT2D eigenvalue weighted by molar-refractivity contribution is 9.09. The Morgan fingerprint density at radius 3 is 2.19 bits per heavy atom. The van der Waals surface area contributed by atoms with Crippen LogP contribution in [0.2, 0.25) is 0 Å². The van der Waals surface area contributed by atoms with Crippen molar-refractivity contribution in [3.8, 4) is 11.5 Å². The minimum atomic E-state index is -0.324. The van der Waals surface area contributed by atoms with E-state index >= 15 is 0 Å². The molecule has 0 aliphatic rings. The molecule has 0 saturated carbocycles. The molecule has 0 spiro atoms. The Labute approximate surface area is 133 Å². The van der Waals surface area contributed by atoms with Crippen molar-refractivity contribution in [2.24, 2.45) is 0 Å². The lowest BCUT2D eigenvalue weighted by Crippen LogP contribution is -2.02. The molecule has 0 amide bonds. The monoisotopic (exact) mass is 352 g/mol. The van der Waals surface area contributed by atoms with E-state index in [1.165, 1.54) is 13.2 Å². The summed E-state index contributed by atoms with van der Waals surface area (Å²) < 4.78 is 24.7. The molecular weight excluding hydrogens is 335 g/mol. The molecule has 0 bridgehead atoms. The SMILES string of the molecule is COc1cc(F)c(C(Br)c2cc(C)ccc2C)cc1OC. The lowest BCUT2D eigenvalue weighted by Gasteiger charge is -2.17. The second kappa shape index (κ2) is 6.48. The molecule has 0 N–H and O–H groups in total. The summed E-state index contributed by atoms with van der Waals surface area (Å²) in [6.45, 7) is 4.04. The van der Waals surface area contributed by atoms with Gasteiger partial charge in [-0.2, -0.15) is 0 Å². The number of rotatable bonds is 4. The molecule has 0 heterocycles. The van der Waals surface area contributed by atoms with Crippen LogP contribution in [0.4, 0.5) is 4.39 Å². The van der Waals surface area contributed by atoms with Crippen LogP contribution in [0.15, 0.2) is 30.3 Å². The highest BCUT2D eigenvalue weighted by Gasteiger charge is 2.20. The average Bonchev–Trinajstić information content (AvgIpc) is 2.48. The zero-order valence-corrected chi connectivity index (χ0v) is 14.1. The van der Waals surface area contributed by atoms with E-state index in [9.17, 15) is 4.39 Å². The van der Waals surface area contributed by atoms with Crippen LogP contribution in [0.3, 0.4) is 0 Å². The number of aryl methyl sites for hydroxylation is 2. The summed E-state index contributed by atoms with van der Waals surface area (Å²) in [7, 11) is 3.04. The molecule has 2 aromatic rings. The van der Waals surface area contributed by atoms with E-state index < -0.39 is 0 Å². The van der Waals surface area contributed by atoms with Crippen molar-refractivity contribution in [3.63, 3.8) is 0 Å². The van der Waals surface area contributed by atoms with Crippen molar-refractivity contribution in [1.82, 2.24) is 0 Å². The summed E-state index contributed by atoms with van der Waals surface area (Å²) in [6.07, 6.45) is 0. The van der Waals surface area contributed by atoms with Crippen LogP contribution >= 0.6 is 15.9 Å². The third-order valence-electron chi connectivity index (χ3n) is 3.48. The fourth-order valence-electron chi connectivity index (χ4n) is 2.26. The largest absolute Gasteiger partial charge is 0.493 e. The Balaban J connectivity index is 2.52. The van der Waals surface area contributed by atoms with Gasteiger partial charge in [0.1, 0.15) is 5.82 Å². The molecule has 0 saturated heterocycles. The second-order valence-corrected chi connectivity index (χ2v) is 5.87. The molecule has 0 aromatic heterocycles. The fraction of sp³-hybridized carbons (Fsp3) is 0.294. The summed E-state index contributed by atoms with van der Waals surface area (Å²) in [5.41, 5.74) is 3.82. The van der Waals surface area contributed by atoms with E-state index in [1.54, 1.807) is 13.2 Å². The zero-order chi connectivity index (χ0) is 15.6. The number of halogens is 2. The summed E-state index contributed by atoms with van der Waals surface area (Å²) in [5.74, 6) is 0.582. The van der Waals surface area contributed by atoms with Gasteiger partial charge in [-0.05, 0) is 31.0 Å². The maximum absolute atomic E-state index is 14.4. The zero-order valence-electron chi connectivity index (χ0n) is 12.5. The highest BCUT2D eigenvalue weighted by atomic mass is 79.9. The van der Waals surface area contributed by atoms with Gasteiger partial charge in [-0.3, -0.25) is 0 Å². The van der Waals surface area contributed by atoms with Crippen LogP contribution in [0.25, 0.3) is 0 Å². The van der Waals surface area contributed by atoms with E-state index in [0.717, 1.165) is 16.7 Å². The van der Waals surface area contributed by atoms with E-state index in [1.807, 2.05) is 26.0 Å². The Bertz CT molecular complexity index is 655. The Morgan fingerprint density at radius 1 is 0.952 bits per heavy atom. The van der Waals surface area contributed by atoms with Gasteiger partial charge >= 0.3 is 0 Å². The first-order valence-corrected chi connectivity index (χ1v) is 7.52. The van der Waals surface area contributed by atoms with Gasteiger partial charge in [0, 0.05) is 11.6 Å². The predicted octanol–water partition coefficient (Wildman–Crippen LogP) is 4.94.